The molecule has 0 atom stereocenters. The molecule has 4 nitrogen and oxygen atoms in total. The molecule has 0 fully saturated rings. The van der Waals surface area contributed by atoms with Crippen LogP contribution in [0.25, 0.3) is 0 Å². The summed E-state index contributed by atoms with van der Waals surface area (Å²) >= 11 is 0. The molecule has 0 bridgehead atoms. The molecule has 0 saturated heterocycles. The van der Waals surface area contributed by atoms with Crippen LogP contribution in [0.2, 0.25) is 0 Å². The zero-order valence-corrected chi connectivity index (χ0v) is 19.6. The lowest BCUT2D eigenvalue weighted by Gasteiger charge is -2.38. The number of rotatable bonds is 18. The zero-order valence-electron chi connectivity index (χ0n) is 19.6. The standard InChI is InChI=1S/C21H32F10N2O2/c1-3-5-7-9-11-13-32-15(34)17(22,23)19(26,27)21(30,31)20(28,29)18(24,25)16(35)33-14-12-10-8-6-4-2/h3-14H2,1-2H3,(H,32,34)(H,33,35). The minimum absolute atomic E-state index is 0.00334. The minimum Gasteiger partial charge on any atom is -0.351 e. The third kappa shape index (κ3) is 7.61. The molecular formula is C21H32F10N2O2. The molecule has 0 unspecified atom stereocenters. The summed E-state index contributed by atoms with van der Waals surface area (Å²) in [5.41, 5.74) is 0. The maximum Gasteiger partial charge on any atom is 0.392 e. The number of nitrogens with one attached hydrogen (secondary N) is 2. The average Bonchev–Trinajstić information content (AvgIpc) is 2.77. The van der Waals surface area contributed by atoms with Crippen LogP contribution in [0.3, 0.4) is 0 Å². The Morgan fingerprint density at radius 3 is 1.06 bits per heavy atom. The van der Waals surface area contributed by atoms with Gasteiger partial charge in [-0.05, 0) is 12.8 Å². The topological polar surface area (TPSA) is 58.2 Å². The van der Waals surface area contributed by atoms with E-state index in [-0.39, 0.29) is 12.8 Å². The molecule has 0 spiro atoms. The van der Waals surface area contributed by atoms with Crippen LogP contribution in [0.15, 0.2) is 0 Å². The smallest absolute Gasteiger partial charge is 0.351 e. The lowest BCUT2D eigenvalue weighted by atomic mass is 9.93. The Morgan fingerprint density at radius 1 is 0.486 bits per heavy atom. The van der Waals surface area contributed by atoms with Crippen LogP contribution in [-0.2, 0) is 9.59 Å². The fourth-order valence-electron chi connectivity index (χ4n) is 2.96. The van der Waals surface area contributed by atoms with Crippen LogP contribution in [0.4, 0.5) is 43.9 Å². The van der Waals surface area contributed by atoms with Gasteiger partial charge in [0.2, 0.25) is 0 Å². The van der Waals surface area contributed by atoms with Crippen LogP contribution in [-0.4, -0.2) is 54.5 Å². The van der Waals surface area contributed by atoms with Gasteiger partial charge in [0.25, 0.3) is 11.8 Å². The summed E-state index contributed by atoms with van der Waals surface area (Å²) in [4.78, 5) is 22.8. The summed E-state index contributed by atoms with van der Waals surface area (Å²) in [6.45, 7) is 2.38. The van der Waals surface area contributed by atoms with Crippen molar-refractivity contribution in [2.45, 2.75) is 108 Å². The molecule has 14 heteroatoms. The quantitative estimate of drug-likeness (QED) is 0.159. The van der Waals surface area contributed by atoms with Crippen molar-refractivity contribution >= 4 is 11.8 Å². The van der Waals surface area contributed by atoms with Gasteiger partial charge >= 0.3 is 29.6 Å². The number of halogens is 10. The van der Waals surface area contributed by atoms with E-state index in [9.17, 15) is 53.5 Å². The number of hydrogen-bond donors (Lipinski definition) is 2. The predicted molar refractivity (Wildman–Crippen MR) is 108 cm³/mol. The van der Waals surface area contributed by atoms with E-state index in [4.69, 9.17) is 0 Å². The number of unbranched alkanes of at least 4 members (excludes halogenated alkanes) is 8. The predicted octanol–water partition coefficient (Wildman–Crippen LogP) is 6.34. The second kappa shape index (κ2) is 13.5. The first-order valence-electron chi connectivity index (χ1n) is 11.4. The van der Waals surface area contributed by atoms with E-state index in [2.05, 4.69) is 0 Å². The van der Waals surface area contributed by atoms with E-state index in [0.29, 0.717) is 25.7 Å². The number of alkyl halides is 10. The number of carbonyl (C=O) groups excluding carboxylic acids is 2. The van der Waals surface area contributed by atoms with Crippen LogP contribution in [0, 0.1) is 0 Å². The van der Waals surface area contributed by atoms with Gasteiger partial charge in [0.15, 0.2) is 0 Å². The molecular weight excluding hydrogens is 502 g/mol. The largest absolute Gasteiger partial charge is 0.392 e. The third-order valence-electron chi connectivity index (χ3n) is 5.28. The minimum atomic E-state index is -7.48. The lowest BCUT2D eigenvalue weighted by molar-refractivity contribution is -0.387. The van der Waals surface area contributed by atoms with Crippen molar-refractivity contribution in [1.82, 2.24) is 10.6 Å². The fraction of sp³-hybridized carbons (Fsp3) is 0.905. The van der Waals surface area contributed by atoms with Crippen LogP contribution >= 0.6 is 0 Å². The Hall–Kier alpha value is -1.76. The fourth-order valence-corrected chi connectivity index (χ4v) is 2.96. The van der Waals surface area contributed by atoms with Crippen LogP contribution in [0.1, 0.15) is 78.1 Å². The second-order valence-electron chi connectivity index (χ2n) is 8.21. The van der Waals surface area contributed by atoms with Gasteiger partial charge in [-0.15, -0.1) is 0 Å². The molecule has 0 aliphatic carbocycles. The lowest BCUT2D eigenvalue weighted by Crippen LogP contribution is -2.71. The number of amides is 2. The van der Waals surface area contributed by atoms with Gasteiger partial charge < -0.3 is 10.6 Å². The van der Waals surface area contributed by atoms with Gasteiger partial charge in [-0.1, -0.05) is 65.2 Å². The Morgan fingerprint density at radius 2 is 0.771 bits per heavy atom. The molecule has 0 saturated carbocycles. The zero-order chi connectivity index (χ0) is 27.6. The van der Waals surface area contributed by atoms with E-state index in [0.717, 1.165) is 25.7 Å². The van der Waals surface area contributed by atoms with Crippen LogP contribution in [0.5, 0.6) is 0 Å². The Bertz CT molecular complexity index is 618. The van der Waals surface area contributed by atoms with Crippen molar-refractivity contribution in [3.63, 3.8) is 0 Å². The van der Waals surface area contributed by atoms with E-state index in [1.54, 1.807) is 0 Å². The number of carbonyl (C=O) groups is 2. The number of hydrogen-bond acceptors (Lipinski definition) is 2. The summed E-state index contributed by atoms with van der Waals surface area (Å²) < 4.78 is 139. The Balaban J connectivity index is 5.43. The molecule has 35 heavy (non-hydrogen) atoms. The van der Waals surface area contributed by atoms with Crippen molar-refractivity contribution in [3.8, 4) is 0 Å². The van der Waals surface area contributed by atoms with Crippen molar-refractivity contribution in [2.24, 2.45) is 0 Å². The van der Waals surface area contributed by atoms with Gasteiger partial charge in [-0.2, -0.15) is 43.9 Å². The molecule has 0 aromatic carbocycles. The molecule has 208 valence electrons. The highest BCUT2D eigenvalue weighted by atomic mass is 19.4. The van der Waals surface area contributed by atoms with Gasteiger partial charge in [0, 0.05) is 13.1 Å². The molecule has 0 aliphatic rings. The molecule has 0 aliphatic heterocycles. The molecule has 0 aromatic heterocycles. The SMILES string of the molecule is CCCCCCCNC(=O)C(F)(F)C(F)(F)C(F)(F)C(F)(F)C(F)(F)C(=O)NCCCCCCC. The molecule has 2 amide bonds. The Labute approximate surface area is 197 Å². The van der Waals surface area contributed by atoms with E-state index >= 15 is 0 Å². The summed E-state index contributed by atoms with van der Waals surface area (Å²) in [5.74, 6) is -41.1. The monoisotopic (exact) mass is 534 g/mol. The first-order chi connectivity index (χ1) is 16.0. The van der Waals surface area contributed by atoms with E-state index < -0.39 is 54.5 Å². The Kier molecular flexibility index (Phi) is 12.8. The summed E-state index contributed by atoms with van der Waals surface area (Å²) in [6.07, 6.45) is 4.98. The first kappa shape index (κ1) is 33.2. The highest BCUT2D eigenvalue weighted by molar-refractivity contribution is 5.86. The van der Waals surface area contributed by atoms with E-state index in [1.165, 1.54) is 10.6 Å². The maximum absolute atomic E-state index is 13.9. The van der Waals surface area contributed by atoms with Gasteiger partial charge in [-0.3, -0.25) is 9.59 Å². The maximum atomic E-state index is 13.9. The highest BCUT2D eigenvalue weighted by Gasteiger charge is 2.88. The molecule has 0 aromatic rings. The van der Waals surface area contributed by atoms with Gasteiger partial charge in [0.05, 0.1) is 0 Å². The van der Waals surface area contributed by atoms with Gasteiger partial charge in [-0.25, -0.2) is 0 Å². The van der Waals surface area contributed by atoms with Crippen molar-refractivity contribution in [2.75, 3.05) is 13.1 Å². The normalized spacial score (nSPS) is 13.6. The summed E-state index contributed by atoms with van der Waals surface area (Å²) in [7, 11) is 0. The summed E-state index contributed by atoms with van der Waals surface area (Å²) in [6, 6.07) is 0. The molecule has 0 rings (SSSR count). The molecule has 0 heterocycles. The van der Waals surface area contributed by atoms with Gasteiger partial charge in [0.1, 0.15) is 0 Å². The van der Waals surface area contributed by atoms with Crippen molar-refractivity contribution in [3.05, 3.63) is 0 Å². The highest BCUT2D eigenvalue weighted by Crippen LogP contribution is 2.57. The first-order valence-corrected chi connectivity index (χ1v) is 11.4. The van der Waals surface area contributed by atoms with Crippen molar-refractivity contribution < 1.29 is 53.5 Å². The van der Waals surface area contributed by atoms with Crippen molar-refractivity contribution in [1.29, 1.82) is 0 Å². The average molecular weight is 534 g/mol. The second-order valence-corrected chi connectivity index (χ2v) is 8.21. The summed E-state index contributed by atoms with van der Waals surface area (Å²) in [5, 5.41) is 2.45. The van der Waals surface area contributed by atoms with E-state index in [1.807, 2.05) is 13.8 Å². The third-order valence-corrected chi connectivity index (χ3v) is 5.28. The molecule has 0 radical (unpaired) electrons. The molecule has 2 N–H and O–H groups in total. The van der Waals surface area contributed by atoms with Crippen LogP contribution < -0.4 is 10.6 Å².